The number of piperidine rings is 1. The SMILES string of the molecule is Cc1ccc(C(=O)N(OC(=O)C(F)(F)F)C2CC2)cc1-n1ccnc(N[C@H](c2ccccc2)C2CCNCC2)c1=O. The maximum atomic E-state index is 13.7. The number of aromatic nitrogens is 2. The highest BCUT2D eigenvalue weighted by molar-refractivity contribution is 5.95. The van der Waals surface area contributed by atoms with E-state index in [2.05, 4.69) is 20.5 Å². The Morgan fingerprint density at radius 1 is 1.10 bits per heavy atom. The summed E-state index contributed by atoms with van der Waals surface area (Å²) in [5.41, 5.74) is 1.56. The number of amides is 1. The second-order valence-electron chi connectivity index (χ2n) is 10.3. The van der Waals surface area contributed by atoms with Gasteiger partial charge in [-0.25, -0.2) is 9.78 Å². The van der Waals surface area contributed by atoms with E-state index in [9.17, 15) is 27.6 Å². The van der Waals surface area contributed by atoms with Crippen LogP contribution in [-0.2, 0) is 9.63 Å². The Balaban J connectivity index is 1.45. The number of alkyl halides is 3. The number of hydrogen-bond donors (Lipinski definition) is 2. The third-order valence-electron chi connectivity index (χ3n) is 7.35. The molecule has 5 rings (SSSR count). The summed E-state index contributed by atoms with van der Waals surface area (Å²) in [6, 6.07) is 13.5. The fraction of sp³-hybridized carbons (Fsp3) is 0.379. The molecule has 2 aliphatic rings. The summed E-state index contributed by atoms with van der Waals surface area (Å²) in [5, 5.41) is 7.21. The summed E-state index contributed by atoms with van der Waals surface area (Å²) in [4.78, 5) is 47.1. The van der Waals surface area contributed by atoms with Crippen molar-refractivity contribution in [2.45, 2.75) is 50.9 Å². The van der Waals surface area contributed by atoms with Crippen LogP contribution >= 0.6 is 0 Å². The first-order valence-electron chi connectivity index (χ1n) is 13.5. The number of carbonyl (C=O) groups is 2. The highest BCUT2D eigenvalue weighted by Crippen LogP contribution is 2.32. The number of anilines is 1. The quantitative estimate of drug-likeness (QED) is 0.409. The lowest BCUT2D eigenvalue weighted by Gasteiger charge is -2.32. The largest absolute Gasteiger partial charge is 0.493 e. The first kappa shape index (κ1) is 28.3. The highest BCUT2D eigenvalue weighted by Gasteiger charge is 2.46. The Hall–Kier alpha value is -4.19. The van der Waals surface area contributed by atoms with Crippen LogP contribution in [-0.4, -0.2) is 51.8 Å². The van der Waals surface area contributed by atoms with Crippen LogP contribution in [0, 0.1) is 12.8 Å². The lowest BCUT2D eigenvalue weighted by molar-refractivity contribution is -0.230. The van der Waals surface area contributed by atoms with Gasteiger partial charge >= 0.3 is 12.1 Å². The van der Waals surface area contributed by atoms with Gasteiger partial charge in [-0.15, -0.1) is 0 Å². The molecule has 2 heterocycles. The molecular formula is C29H30F3N5O4. The number of hydrogen-bond acceptors (Lipinski definition) is 7. The molecule has 12 heteroatoms. The standard InChI is InChI=1S/C29H30F3N5O4/c1-18-7-8-21(26(38)37(22-9-10-22)41-28(40)29(30,31)32)17-23(18)36-16-15-34-25(27(36)39)35-24(19-5-3-2-4-6-19)20-11-13-33-14-12-20/h2-8,15-17,20,22,24,33H,9-14H2,1H3,(H,34,35)/t24-/m1/s1. The van der Waals surface area contributed by atoms with Crippen LogP contribution in [0.3, 0.4) is 0 Å². The molecule has 2 N–H and O–H groups in total. The number of rotatable bonds is 7. The molecule has 1 aliphatic carbocycles. The summed E-state index contributed by atoms with van der Waals surface area (Å²) in [6.07, 6.45) is 0.367. The predicted octanol–water partition coefficient (Wildman–Crippen LogP) is 4.32. The van der Waals surface area contributed by atoms with Crippen molar-refractivity contribution >= 4 is 17.7 Å². The van der Waals surface area contributed by atoms with Crippen molar-refractivity contribution in [2.75, 3.05) is 18.4 Å². The van der Waals surface area contributed by atoms with Crippen LogP contribution in [0.1, 0.15) is 53.2 Å². The molecule has 1 saturated carbocycles. The minimum Gasteiger partial charge on any atom is -0.358 e. The molecule has 0 radical (unpaired) electrons. The molecule has 1 saturated heterocycles. The van der Waals surface area contributed by atoms with E-state index in [1.54, 1.807) is 13.0 Å². The van der Waals surface area contributed by atoms with Crippen LogP contribution in [0.15, 0.2) is 65.7 Å². The minimum atomic E-state index is -5.24. The molecule has 0 spiro atoms. The molecule has 2 aromatic carbocycles. The molecule has 0 bridgehead atoms. The normalized spacial score (nSPS) is 16.6. The van der Waals surface area contributed by atoms with Crippen molar-refractivity contribution in [1.29, 1.82) is 0 Å². The van der Waals surface area contributed by atoms with Crippen LogP contribution in [0.4, 0.5) is 19.0 Å². The van der Waals surface area contributed by atoms with Gasteiger partial charge in [0.15, 0.2) is 5.82 Å². The molecule has 9 nitrogen and oxygen atoms in total. The molecular weight excluding hydrogens is 539 g/mol. The van der Waals surface area contributed by atoms with Gasteiger partial charge in [-0.3, -0.25) is 14.2 Å². The van der Waals surface area contributed by atoms with E-state index in [0.717, 1.165) is 31.5 Å². The van der Waals surface area contributed by atoms with Crippen LogP contribution < -0.4 is 16.2 Å². The zero-order valence-corrected chi connectivity index (χ0v) is 22.4. The fourth-order valence-electron chi connectivity index (χ4n) is 5.02. The maximum absolute atomic E-state index is 13.7. The second kappa shape index (κ2) is 11.7. The summed E-state index contributed by atoms with van der Waals surface area (Å²) >= 11 is 0. The summed E-state index contributed by atoms with van der Waals surface area (Å²) in [6.45, 7) is 3.49. The number of nitrogens with zero attached hydrogens (tertiary/aromatic N) is 3. The molecule has 1 aliphatic heterocycles. The first-order chi connectivity index (χ1) is 19.6. The van der Waals surface area contributed by atoms with Crippen LogP contribution in [0.2, 0.25) is 0 Å². The lowest BCUT2D eigenvalue weighted by Crippen LogP contribution is -2.40. The third-order valence-corrected chi connectivity index (χ3v) is 7.35. The number of halogens is 3. The van der Waals surface area contributed by atoms with Gasteiger partial charge in [0.25, 0.3) is 11.5 Å². The zero-order valence-electron chi connectivity index (χ0n) is 22.4. The summed E-state index contributed by atoms with van der Waals surface area (Å²) in [7, 11) is 0. The van der Waals surface area contributed by atoms with Gasteiger partial charge in [0.2, 0.25) is 0 Å². The summed E-state index contributed by atoms with van der Waals surface area (Å²) < 4.78 is 39.8. The van der Waals surface area contributed by atoms with Crippen molar-refractivity contribution in [3.05, 3.63) is 88.0 Å². The Labute approximate surface area is 234 Å². The monoisotopic (exact) mass is 569 g/mol. The summed E-state index contributed by atoms with van der Waals surface area (Å²) in [5.74, 6) is -2.96. The lowest BCUT2D eigenvalue weighted by atomic mass is 9.86. The molecule has 2 fully saturated rings. The number of aryl methyl sites for hydroxylation is 1. The van der Waals surface area contributed by atoms with Gasteiger partial charge in [-0.1, -0.05) is 36.4 Å². The van der Waals surface area contributed by atoms with Gasteiger partial charge in [0.1, 0.15) is 0 Å². The van der Waals surface area contributed by atoms with Crippen LogP contribution in [0.25, 0.3) is 5.69 Å². The van der Waals surface area contributed by atoms with Crippen molar-refractivity contribution in [3.63, 3.8) is 0 Å². The van der Waals surface area contributed by atoms with Crippen LogP contribution in [0.5, 0.6) is 0 Å². The van der Waals surface area contributed by atoms with E-state index in [1.165, 1.54) is 29.1 Å². The van der Waals surface area contributed by atoms with E-state index >= 15 is 0 Å². The van der Waals surface area contributed by atoms with Gasteiger partial charge in [-0.2, -0.15) is 18.2 Å². The Morgan fingerprint density at radius 3 is 2.46 bits per heavy atom. The van der Waals surface area contributed by atoms with Crippen molar-refractivity contribution < 1.29 is 27.6 Å². The Bertz CT molecular complexity index is 1470. The van der Waals surface area contributed by atoms with E-state index in [1.807, 2.05) is 30.3 Å². The van der Waals surface area contributed by atoms with Gasteiger partial charge in [0.05, 0.1) is 17.8 Å². The second-order valence-corrected chi connectivity index (χ2v) is 10.3. The molecule has 0 unspecified atom stereocenters. The maximum Gasteiger partial charge on any atom is 0.493 e. The topological polar surface area (TPSA) is 106 Å². The van der Waals surface area contributed by atoms with E-state index in [-0.39, 0.29) is 23.3 Å². The average Bonchev–Trinajstić information content (AvgIpc) is 3.81. The number of hydroxylamine groups is 2. The molecule has 41 heavy (non-hydrogen) atoms. The number of benzene rings is 2. The number of nitrogens with one attached hydrogen (secondary N) is 2. The van der Waals surface area contributed by atoms with Crippen molar-refractivity contribution in [1.82, 2.24) is 19.9 Å². The molecule has 216 valence electrons. The first-order valence-corrected chi connectivity index (χ1v) is 13.5. The Kier molecular flexibility index (Phi) is 8.11. The molecule has 1 amide bonds. The van der Waals surface area contributed by atoms with E-state index < -0.39 is 29.7 Å². The third kappa shape index (κ3) is 6.43. The van der Waals surface area contributed by atoms with E-state index in [0.29, 0.717) is 29.2 Å². The average molecular weight is 570 g/mol. The van der Waals surface area contributed by atoms with Gasteiger partial charge in [-0.05, 0) is 74.9 Å². The van der Waals surface area contributed by atoms with Gasteiger partial charge in [0, 0.05) is 18.0 Å². The molecule has 3 aromatic rings. The smallest absolute Gasteiger partial charge is 0.358 e. The zero-order chi connectivity index (χ0) is 29.1. The van der Waals surface area contributed by atoms with Gasteiger partial charge < -0.3 is 15.5 Å². The fourth-order valence-corrected chi connectivity index (χ4v) is 5.02. The predicted molar refractivity (Wildman–Crippen MR) is 144 cm³/mol. The van der Waals surface area contributed by atoms with E-state index in [4.69, 9.17) is 0 Å². The highest BCUT2D eigenvalue weighted by atomic mass is 19.4. The molecule has 1 aromatic heterocycles. The van der Waals surface area contributed by atoms with Crippen molar-refractivity contribution in [3.8, 4) is 5.69 Å². The Morgan fingerprint density at radius 2 is 1.80 bits per heavy atom. The minimum absolute atomic E-state index is 0.0254. The van der Waals surface area contributed by atoms with Crippen molar-refractivity contribution in [2.24, 2.45) is 5.92 Å². The molecule has 1 atom stereocenters. The number of carbonyl (C=O) groups excluding carboxylic acids is 2.